The molecule has 0 radical (unpaired) electrons. The van der Waals surface area contributed by atoms with Crippen molar-refractivity contribution >= 4 is 5.97 Å². The van der Waals surface area contributed by atoms with E-state index in [0.29, 0.717) is 11.3 Å². The zero-order valence-electron chi connectivity index (χ0n) is 21.6. The SMILES string of the molecule is CCCCCCCOc1ccc(OC(=O)c2ccc(-c3ccc(CCC(C)CC)cc3)cc2)cc1. The standard InChI is InChI=1S/C32H40O3/c1-4-6-7-8-9-24-34-30-20-22-31(23-21-30)35-32(33)29-18-16-28(17-19-29)27-14-12-26(13-15-27)11-10-25(3)5-2/h12-23,25H,4-11,24H2,1-3H3. The van der Waals surface area contributed by atoms with Gasteiger partial charge in [-0.2, -0.15) is 0 Å². The maximum Gasteiger partial charge on any atom is 0.343 e. The van der Waals surface area contributed by atoms with Crippen LogP contribution in [0.15, 0.2) is 72.8 Å². The minimum atomic E-state index is -0.360. The van der Waals surface area contributed by atoms with Crippen LogP contribution in [0, 0.1) is 5.92 Å². The van der Waals surface area contributed by atoms with Crippen LogP contribution in [0.1, 0.15) is 81.6 Å². The summed E-state index contributed by atoms with van der Waals surface area (Å²) in [5.74, 6) is 1.72. The van der Waals surface area contributed by atoms with E-state index < -0.39 is 0 Å². The molecule has 0 aliphatic carbocycles. The molecule has 3 rings (SSSR count). The maximum atomic E-state index is 12.6. The molecule has 0 heterocycles. The van der Waals surface area contributed by atoms with Gasteiger partial charge in [0.15, 0.2) is 0 Å². The van der Waals surface area contributed by atoms with Gasteiger partial charge in [-0.15, -0.1) is 0 Å². The number of aryl methyl sites for hydroxylation is 1. The number of rotatable bonds is 14. The molecule has 0 saturated heterocycles. The fourth-order valence-corrected chi connectivity index (χ4v) is 3.95. The zero-order chi connectivity index (χ0) is 24.9. The molecular formula is C32H40O3. The van der Waals surface area contributed by atoms with Gasteiger partial charge in [0.25, 0.3) is 0 Å². The predicted molar refractivity (Wildman–Crippen MR) is 145 cm³/mol. The summed E-state index contributed by atoms with van der Waals surface area (Å²) in [6.07, 6.45) is 9.63. The summed E-state index contributed by atoms with van der Waals surface area (Å²) in [5, 5.41) is 0. The summed E-state index contributed by atoms with van der Waals surface area (Å²) in [5.41, 5.74) is 4.15. The molecule has 0 aliphatic heterocycles. The monoisotopic (exact) mass is 472 g/mol. The molecule has 0 spiro atoms. The Balaban J connectivity index is 1.48. The van der Waals surface area contributed by atoms with Crippen LogP contribution >= 0.6 is 0 Å². The fourth-order valence-electron chi connectivity index (χ4n) is 3.95. The summed E-state index contributed by atoms with van der Waals surface area (Å²) >= 11 is 0. The summed E-state index contributed by atoms with van der Waals surface area (Å²) in [7, 11) is 0. The molecule has 0 amide bonds. The van der Waals surface area contributed by atoms with Crippen molar-refractivity contribution in [1.29, 1.82) is 0 Å². The van der Waals surface area contributed by atoms with Crippen LogP contribution in [0.2, 0.25) is 0 Å². The molecule has 3 heteroatoms. The first-order chi connectivity index (χ1) is 17.1. The highest BCUT2D eigenvalue weighted by molar-refractivity contribution is 5.91. The van der Waals surface area contributed by atoms with E-state index in [1.807, 2.05) is 36.4 Å². The Hall–Kier alpha value is -3.07. The lowest BCUT2D eigenvalue weighted by molar-refractivity contribution is 0.0734. The number of unbranched alkanes of at least 4 members (excludes halogenated alkanes) is 4. The van der Waals surface area contributed by atoms with Crippen LogP contribution in [-0.2, 0) is 6.42 Å². The highest BCUT2D eigenvalue weighted by Gasteiger charge is 2.10. The first-order valence-electron chi connectivity index (χ1n) is 13.2. The minimum Gasteiger partial charge on any atom is -0.494 e. The number of hydrogen-bond acceptors (Lipinski definition) is 3. The third kappa shape index (κ3) is 8.90. The summed E-state index contributed by atoms with van der Waals surface area (Å²) < 4.78 is 11.3. The van der Waals surface area contributed by atoms with Crippen molar-refractivity contribution in [3.05, 3.63) is 83.9 Å². The van der Waals surface area contributed by atoms with Gasteiger partial charge in [0.05, 0.1) is 12.2 Å². The summed E-state index contributed by atoms with van der Waals surface area (Å²) in [6.45, 7) is 7.49. The van der Waals surface area contributed by atoms with Crippen molar-refractivity contribution < 1.29 is 14.3 Å². The van der Waals surface area contributed by atoms with Gasteiger partial charge in [0, 0.05) is 0 Å². The van der Waals surface area contributed by atoms with Crippen LogP contribution < -0.4 is 9.47 Å². The highest BCUT2D eigenvalue weighted by atomic mass is 16.5. The molecule has 3 aromatic rings. The Bertz CT molecular complexity index is 1000. The van der Waals surface area contributed by atoms with Crippen molar-refractivity contribution in [3.8, 4) is 22.6 Å². The van der Waals surface area contributed by atoms with E-state index in [9.17, 15) is 4.79 Å². The van der Waals surface area contributed by atoms with Gasteiger partial charge >= 0.3 is 5.97 Å². The summed E-state index contributed by atoms with van der Waals surface area (Å²) in [6, 6.07) is 23.6. The van der Waals surface area contributed by atoms with Gasteiger partial charge in [-0.05, 0) is 78.3 Å². The van der Waals surface area contributed by atoms with Gasteiger partial charge in [0.2, 0.25) is 0 Å². The number of hydrogen-bond donors (Lipinski definition) is 0. The molecule has 0 aromatic heterocycles. The Morgan fingerprint density at radius 2 is 1.34 bits per heavy atom. The lowest BCUT2D eigenvalue weighted by Gasteiger charge is -2.09. The quantitative estimate of drug-likeness (QED) is 0.133. The molecule has 0 aliphatic rings. The third-order valence-electron chi connectivity index (χ3n) is 6.58. The third-order valence-corrected chi connectivity index (χ3v) is 6.58. The second kappa shape index (κ2) is 14.4. The molecular weight excluding hydrogens is 432 g/mol. The largest absolute Gasteiger partial charge is 0.494 e. The zero-order valence-corrected chi connectivity index (χ0v) is 21.6. The lowest BCUT2D eigenvalue weighted by Crippen LogP contribution is -2.08. The van der Waals surface area contributed by atoms with Crippen molar-refractivity contribution in [3.63, 3.8) is 0 Å². The number of ether oxygens (including phenoxy) is 2. The number of esters is 1. The Morgan fingerprint density at radius 3 is 1.97 bits per heavy atom. The molecule has 35 heavy (non-hydrogen) atoms. The van der Waals surface area contributed by atoms with Gasteiger partial charge in [0.1, 0.15) is 11.5 Å². The molecule has 0 N–H and O–H groups in total. The molecule has 3 nitrogen and oxygen atoms in total. The molecule has 0 fully saturated rings. The molecule has 1 unspecified atom stereocenters. The number of carbonyl (C=O) groups excluding carboxylic acids is 1. The maximum absolute atomic E-state index is 12.6. The van der Waals surface area contributed by atoms with Crippen molar-refractivity contribution in [1.82, 2.24) is 0 Å². The topological polar surface area (TPSA) is 35.5 Å². The van der Waals surface area contributed by atoms with E-state index in [-0.39, 0.29) is 5.97 Å². The molecule has 3 aromatic carbocycles. The first-order valence-corrected chi connectivity index (χ1v) is 13.2. The average molecular weight is 473 g/mol. The Labute approximate surface area is 211 Å². The van der Waals surface area contributed by atoms with Crippen LogP contribution in [0.25, 0.3) is 11.1 Å². The van der Waals surface area contributed by atoms with Gasteiger partial charge in [-0.1, -0.05) is 89.3 Å². The average Bonchev–Trinajstić information content (AvgIpc) is 2.90. The Morgan fingerprint density at radius 1 is 0.743 bits per heavy atom. The van der Waals surface area contributed by atoms with E-state index in [4.69, 9.17) is 9.47 Å². The van der Waals surface area contributed by atoms with Crippen molar-refractivity contribution in [2.45, 2.75) is 72.1 Å². The molecule has 0 bridgehead atoms. The molecule has 186 valence electrons. The van der Waals surface area contributed by atoms with Crippen molar-refractivity contribution in [2.24, 2.45) is 5.92 Å². The smallest absolute Gasteiger partial charge is 0.343 e. The second-order valence-corrected chi connectivity index (χ2v) is 9.45. The van der Waals surface area contributed by atoms with Crippen LogP contribution in [0.4, 0.5) is 0 Å². The number of carbonyl (C=O) groups is 1. The van der Waals surface area contributed by atoms with Crippen LogP contribution in [-0.4, -0.2) is 12.6 Å². The second-order valence-electron chi connectivity index (χ2n) is 9.45. The molecule has 0 saturated carbocycles. The van der Waals surface area contributed by atoms with E-state index in [2.05, 4.69) is 45.0 Å². The minimum absolute atomic E-state index is 0.360. The van der Waals surface area contributed by atoms with E-state index in [1.54, 1.807) is 12.1 Å². The highest BCUT2D eigenvalue weighted by Crippen LogP contribution is 2.23. The predicted octanol–water partition coefficient (Wildman–Crippen LogP) is 8.90. The van der Waals surface area contributed by atoms with Crippen LogP contribution in [0.5, 0.6) is 11.5 Å². The van der Waals surface area contributed by atoms with Crippen LogP contribution in [0.3, 0.4) is 0 Å². The fraction of sp³-hybridized carbons (Fsp3) is 0.406. The van der Waals surface area contributed by atoms with Crippen molar-refractivity contribution in [2.75, 3.05) is 6.61 Å². The number of benzene rings is 3. The van der Waals surface area contributed by atoms with Gasteiger partial charge in [-0.3, -0.25) is 0 Å². The molecule has 1 atom stereocenters. The van der Waals surface area contributed by atoms with E-state index in [1.165, 1.54) is 44.1 Å². The van der Waals surface area contributed by atoms with Gasteiger partial charge < -0.3 is 9.47 Å². The van der Waals surface area contributed by atoms with Gasteiger partial charge in [-0.25, -0.2) is 4.79 Å². The van der Waals surface area contributed by atoms with E-state index in [0.717, 1.165) is 42.2 Å². The lowest BCUT2D eigenvalue weighted by atomic mass is 9.97. The van der Waals surface area contributed by atoms with E-state index >= 15 is 0 Å². The Kier molecular flexibility index (Phi) is 10.9. The summed E-state index contributed by atoms with van der Waals surface area (Å²) in [4.78, 5) is 12.6. The first kappa shape index (κ1) is 26.5. The normalized spacial score (nSPS) is 11.7.